The maximum absolute atomic E-state index is 6.13. The van der Waals surface area contributed by atoms with Crippen molar-refractivity contribution >= 4 is 11.3 Å². The van der Waals surface area contributed by atoms with Crippen LogP contribution in [0.4, 0.5) is 0 Å². The van der Waals surface area contributed by atoms with E-state index in [4.69, 9.17) is 15.5 Å². The maximum atomic E-state index is 6.13. The van der Waals surface area contributed by atoms with Crippen LogP contribution in [0.5, 0.6) is 5.75 Å². The zero-order valence-electron chi connectivity index (χ0n) is 16.7. The zero-order chi connectivity index (χ0) is 18.8. The Kier molecular flexibility index (Phi) is 5.95. The van der Waals surface area contributed by atoms with Crippen molar-refractivity contribution < 1.29 is 4.74 Å². The highest BCUT2D eigenvalue weighted by atomic mass is 32.1. The molecule has 1 aromatic heterocycles. The molecule has 3 nitrogen and oxygen atoms in total. The lowest BCUT2D eigenvalue weighted by atomic mass is 9.78. The summed E-state index contributed by atoms with van der Waals surface area (Å²) in [5, 5.41) is 3.21. The number of aromatic nitrogens is 1. The summed E-state index contributed by atoms with van der Waals surface area (Å²) in [7, 11) is 0. The van der Waals surface area contributed by atoms with Gasteiger partial charge in [0.25, 0.3) is 0 Å². The van der Waals surface area contributed by atoms with Crippen molar-refractivity contribution in [2.75, 3.05) is 13.2 Å². The van der Waals surface area contributed by atoms with Gasteiger partial charge in [-0.25, -0.2) is 4.98 Å². The van der Waals surface area contributed by atoms with Gasteiger partial charge in [0.1, 0.15) is 5.75 Å². The van der Waals surface area contributed by atoms with Crippen LogP contribution >= 0.6 is 11.3 Å². The number of hydrogen-bond donors (Lipinski definition) is 1. The van der Waals surface area contributed by atoms with Gasteiger partial charge in [-0.15, -0.1) is 11.3 Å². The molecule has 2 rings (SSSR count). The van der Waals surface area contributed by atoms with Crippen molar-refractivity contribution in [1.82, 2.24) is 4.98 Å². The van der Waals surface area contributed by atoms with Crippen molar-refractivity contribution in [3.8, 4) is 17.0 Å². The van der Waals surface area contributed by atoms with Crippen LogP contribution in [0, 0.1) is 0 Å². The molecule has 0 spiro atoms. The summed E-state index contributed by atoms with van der Waals surface area (Å²) in [5.41, 5.74) is 10.4. The molecule has 0 amide bonds. The molecule has 1 aromatic carbocycles. The summed E-state index contributed by atoms with van der Waals surface area (Å²) in [5.74, 6) is 0.965. The molecule has 0 saturated carbocycles. The van der Waals surface area contributed by atoms with Gasteiger partial charge in [-0.3, -0.25) is 0 Å². The molecular formula is C21H32N2OS. The zero-order valence-corrected chi connectivity index (χ0v) is 17.5. The minimum absolute atomic E-state index is 0.00335. The molecule has 2 aromatic rings. The molecule has 0 bridgehead atoms. The Labute approximate surface area is 156 Å². The van der Waals surface area contributed by atoms with Crippen LogP contribution in [0.25, 0.3) is 11.3 Å². The van der Waals surface area contributed by atoms with E-state index in [9.17, 15) is 0 Å². The minimum atomic E-state index is -0.00335. The van der Waals surface area contributed by atoms with Gasteiger partial charge in [0.05, 0.1) is 17.3 Å². The molecule has 0 unspecified atom stereocenters. The first-order valence-electron chi connectivity index (χ1n) is 9.04. The molecule has 0 aliphatic carbocycles. The van der Waals surface area contributed by atoms with Crippen molar-refractivity contribution in [2.24, 2.45) is 5.73 Å². The number of ether oxygens (including phenoxy) is 1. The molecule has 0 aliphatic rings. The fourth-order valence-electron chi connectivity index (χ4n) is 2.78. The second kappa shape index (κ2) is 7.46. The first-order valence-corrected chi connectivity index (χ1v) is 9.92. The molecule has 0 fully saturated rings. The van der Waals surface area contributed by atoms with E-state index in [0.29, 0.717) is 13.2 Å². The Morgan fingerprint density at radius 3 is 2.28 bits per heavy atom. The monoisotopic (exact) mass is 360 g/mol. The van der Waals surface area contributed by atoms with Crippen molar-refractivity contribution in [2.45, 2.75) is 65.7 Å². The number of thiazole rings is 1. The Morgan fingerprint density at radius 2 is 1.76 bits per heavy atom. The third kappa shape index (κ3) is 4.62. The molecule has 2 N–H and O–H groups in total. The van der Waals surface area contributed by atoms with Crippen LogP contribution in [0.1, 0.15) is 64.6 Å². The lowest BCUT2D eigenvalue weighted by molar-refractivity contribution is 0.330. The fraction of sp³-hybridized carbons (Fsp3) is 0.571. The third-order valence-electron chi connectivity index (χ3n) is 4.24. The Bertz CT molecular complexity index is 720. The molecule has 138 valence electrons. The maximum Gasteiger partial charge on any atom is 0.132 e. The second-order valence-corrected chi connectivity index (χ2v) is 9.44. The average molecular weight is 361 g/mol. The van der Waals surface area contributed by atoms with Crippen LogP contribution < -0.4 is 10.5 Å². The van der Waals surface area contributed by atoms with Crippen LogP contribution in [-0.2, 0) is 17.3 Å². The van der Waals surface area contributed by atoms with Crippen molar-refractivity contribution in [3.63, 3.8) is 0 Å². The Balaban J connectivity index is 2.73. The van der Waals surface area contributed by atoms with E-state index < -0.39 is 0 Å². The van der Waals surface area contributed by atoms with E-state index in [1.165, 1.54) is 11.1 Å². The lowest BCUT2D eigenvalue weighted by Crippen LogP contribution is -2.18. The van der Waals surface area contributed by atoms with Gasteiger partial charge in [0.2, 0.25) is 0 Å². The quantitative estimate of drug-likeness (QED) is 0.786. The molecule has 25 heavy (non-hydrogen) atoms. The summed E-state index contributed by atoms with van der Waals surface area (Å²) < 4.78 is 6.13. The summed E-state index contributed by atoms with van der Waals surface area (Å²) in [6, 6.07) is 4.56. The molecule has 0 atom stereocenters. The van der Waals surface area contributed by atoms with E-state index in [2.05, 4.69) is 59.1 Å². The summed E-state index contributed by atoms with van der Waals surface area (Å²) in [6.07, 6.45) is 0.819. The van der Waals surface area contributed by atoms with Crippen molar-refractivity contribution in [1.29, 1.82) is 0 Å². The summed E-state index contributed by atoms with van der Waals surface area (Å²) in [4.78, 5) is 4.82. The van der Waals surface area contributed by atoms with Crippen molar-refractivity contribution in [3.05, 3.63) is 33.6 Å². The fourth-order valence-corrected chi connectivity index (χ4v) is 3.60. The number of nitrogens with two attached hydrogens (primary N) is 1. The van der Waals surface area contributed by atoms with Crippen LogP contribution in [-0.4, -0.2) is 18.1 Å². The highest BCUT2D eigenvalue weighted by molar-refractivity contribution is 7.09. The van der Waals surface area contributed by atoms with E-state index in [1.54, 1.807) is 11.3 Å². The second-order valence-electron chi connectivity index (χ2n) is 8.50. The first kappa shape index (κ1) is 19.9. The van der Waals surface area contributed by atoms with Gasteiger partial charge in [0, 0.05) is 22.9 Å². The van der Waals surface area contributed by atoms with Gasteiger partial charge in [0.15, 0.2) is 0 Å². The van der Waals surface area contributed by atoms with Gasteiger partial charge < -0.3 is 10.5 Å². The van der Waals surface area contributed by atoms with Gasteiger partial charge >= 0.3 is 0 Å². The van der Waals surface area contributed by atoms with Crippen LogP contribution in [0.2, 0.25) is 0 Å². The molecule has 0 radical (unpaired) electrons. The van der Waals surface area contributed by atoms with E-state index >= 15 is 0 Å². The standard InChI is InChI=1S/C21H32N2OS/c1-8-24-19-15(17-13-25-18(23-17)9-10-22)11-14(20(2,3)4)12-16(19)21(5,6)7/h11-13H,8-10,22H2,1-7H3. The minimum Gasteiger partial charge on any atom is -0.493 e. The highest BCUT2D eigenvalue weighted by Crippen LogP contribution is 2.43. The van der Waals surface area contributed by atoms with E-state index in [0.717, 1.165) is 28.4 Å². The van der Waals surface area contributed by atoms with Crippen LogP contribution in [0.3, 0.4) is 0 Å². The largest absolute Gasteiger partial charge is 0.493 e. The number of hydrogen-bond acceptors (Lipinski definition) is 4. The highest BCUT2D eigenvalue weighted by Gasteiger charge is 2.27. The lowest BCUT2D eigenvalue weighted by Gasteiger charge is -2.29. The third-order valence-corrected chi connectivity index (χ3v) is 5.15. The van der Waals surface area contributed by atoms with E-state index in [-0.39, 0.29) is 10.8 Å². The summed E-state index contributed by atoms with van der Waals surface area (Å²) >= 11 is 1.68. The average Bonchev–Trinajstić information content (AvgIpc) is 2.94. The molecule has 4 heteroatoms. The van der Waals surface area contributed by atoms with Crippen LogP contribution in [0.15, 0.2) is 17.5 Å². The van der Waals surface area contributed by atoms with E-state index in [1.807, 2.05) is 6.92 Å². The predicted molar refractivity (Wildman–Crippen MR) is 109 cm³/mol. The molecule has 1 heterocycles. The normalized spacial score (nSPS) is 12.5. The Morgan fingerprint density at radius 1 is 1.08 bits per heavy atom. The van der Waals surface area contributed by atoms with Gasteiger partial charge in [-0.2, -0.15) is 0 Å². The SMILES string of the molecule is CCOc1c(-c2csc(CCN)n2)cc(C(C)(C)C)cc1C(C)(C)C. The molecule has 0 aliphatic heterocycles. The summed E-state index contributed by atoms with van der Waals surface area (Å²) in [6.45, 7) is 16.8. The number of rotatable bonds is 5. The smallest absolute Gasteiger partial charge is 0.132 e. The predicted octanol–water partition coefficient (Wildman–Crippen LogP) is 5.31. The Hall–Kier alpha value is -1.39. The number of benzene rings is 1. The number of nitrogens with zero attached hydrogens (tertiary/aromatic N) is 1. The first-order chi connectivity index (χ1) is 11.6. The van der Waals surface area contributed by atoms with Gasteiger partial charge in [-0.1, -0.05) is 47.6 Å². The molecular weight excluding hydrogens is 328 g/mol. The topological polar surface area (TPSA) is 48.1 Å². The molecule has 0 saturated heterocycles. The van der Waals surface area contributed by atoms with Gasteiger partial charge in [-0.05, 0) is 35.9 Å².